The van der Waals surface area contributed by atoms with E-state index in [4.69, 9.17) is 0 Å². The summed E-state index contributed by atoms with van der Waals surface area (Å²) in [5, 5.41) is 14.7. The number of thiophene rings is 2. The van der Waals surface area contributed by atoms with Gasteiger partial charge in [0.25, 0.3) is 5.91 Å². The normalized spacial score (nSPS) is 18.6. The highest BCUT2D eigenvalue weighted by atomic mass is 32.1. The van der Waals surface area contributed by atoms with Gasteiger partial charge in [0.1, 0.15) is 0 Å². The SMILES string of the molecule is O=C(NC1(CO)CCCCC1)c1cc2sccc2s1. The van der Waals surface area contributed by atoms with Gasteiger partial charge < -0.3 is 10.4 Å². The van der Waals surface area contributed by atoms with Crippen molar-refractivity contribution in [2.75, 3.05) is 6.61 Å². The van der Waals surface area contributed by atoms with Gasteiger partial charge in [-0.2, -0.15) is 0 Å². The number of aliphatic hydroxyl groups is 1. The standard InChI is InChI=1S/C14H17NO2S2/c16-9-14(5-2-1-3-6-14)15-13(17)12-8-11-10(19-12)4-7-18-11/h4,7-8,16H,1-3,5-6,9H2,(H,15,17). The first-order valence-electron chi connectivity index (χ1n) is 6.63. The van der Waals surface area contributed by atoms with Crippen LogP contribution in [0.25, 0.3) is 9.40 Å². The van der Waals surface area contributed by atoms with Crippen molar-refractivity contribution in [3.63, 3.8) is 0 Å². The molecular weight excluding hydrogens is 278 g/mol. The minimum Gasteiger partial charge on any atom is -0.394 e. The van der Waals surface area contributed by atoms with Crippen LogP contribution in [0.15, 0.2) is 17.5 Å². The van der Waals surface area contributed by atoms with Crippen LogP contribution in [-0.2, 0) is 0 Å². The van der Waals surface area contributed by atoms with Gasteiger partial charge in [0.15, 0.2) is 0 Å². The summed E-state index contributed by atoms with van der Waals surface area (Å²) in [7, 11) is 0. The van der Waals surface area contributed by atoms with Crippen molar-refractivity contribution in [3.05, 3.63) is 22.4 Å². The third-order valence-corrected chi connectivity index (χ3v) is 5.95. The van der Waals surface area contributed by atoms with Gasteiger partial charge in [-0.05, 0) is 30.4 Å². The molecule has 0 saturated heterocycles. The van der Waals surface area contributed by atoms with Crippen LogP contribution in [0.3, 0.4) is 0 Å². The Morgan fingerprint density at radius 2 is 2.11 bits per heavy atom. The molecule has 0 unspecified atom stereocenters. The van der Waals surface area contributed by atoms with E-state index in [1.54, 1.807) is 11.3 Å². The highest BCUT2D eigenvalue weighted by Crippen LogP contribution is 2.32. The number of hydrogen-bond acceptors (Lipinski definition) is 4. The first kappa shape index (κ1) is 13.1. The van der Waals surface area contributed by atoms with Gasteiger partial charge in [-0.25, -0.2) is 0 Å². The summed E-state index contributed by atoms with van der Waals surface area (Å²) in [5.74, 6) is -0.0376. The highest BCUT2D eigenvalue weighted by Gasteiger charge is 2.33. The van der Waals surface area contributed by atoms with Crippen LogP contribution in [0.1, 0.15) is 41.8 Å². The Bertz CT molecular complexity index is 553. The molecule has 0 bridgehead atoms. The summed E-state index contributed by atoms with van der Waals surface area (Å²) in [6.07, 6.45) is 5.14. The van der Waals surface area contributed by atoms with Crippen molar-refractivity contribution < 1.29 is 9.90 Å². The van der Waals surface area contributed by atoms with E-state index >= 15 is 0 Å². The molecule has 102 valence electrons. The molecule has 1 amide bonds. The molecule has 0 radical (unpaired) electrons. The van der Waals surface area contributed by atoms with Crippen LogP contribution < -0.4 is 5.32 Å². The van der Waals surface area contributed by atoms with Gasteiger partial charge in [-0.1, -0.05) is 19.3 Å². The molecule has 5 heteroatoms. The summed E-state index contributed by atoms with van der Waals surface area (Å²) in [5.41, 5.74) is -0.396. The smallest absolute Gasteiger partial charge is 0.261 e. The fraction of sp³-hybridized carbons (Fsp3) is 0.500. The van der Waals surface area contributed by atoms with Crippen molar-refractivity contribution in [2.24, 2.45) is 0 Å². The van der Waals surface area contributed by atoms with Crippen LogP contribution in [-0.4, -0.2) is 23.2 Å². The minimum atomic E-state index is -0.396. The Morgan fingerprint density at radius 3 is 2.79 bits per heavy atom. The second-order valence-electron chi connectivity index (χ2n) is 5.21. The lowest BCUT2D eigenvalue weighted by Crippen LogP contribution is -2.52. The van der Waals surface area contributed by atoms with E-state index in [0.717, 1.165) is 40.0 Å². The average molecular weight is 295 g/mol. The predicted octanol–water partition coefficient (Wildman–Crippen LogP) is 3.39. The molecule has 1 saturated carbocycles. The second-order valence-corrected chi connectivity index (χ2v) is 7.24. The van der Waals surface area contributed by atoms with E-state index < -0.39 is 5.54 Å². The van der Waals surface area contributed by atoms with Crippen LogP contribution in [0.4, 0.5) is 0 Å². The van der Waals surface area contributed by atoms with Crippen LogP contribution in [0.5, 0.6) is 0 Å². The zero-order valence-electron chi connectivity index (χ0n) is 10.6. The lowest BCUT2D eigenvalue weighted by Gasteiger charge is -2.36. The van der Waals surface area contributed by atoms with Gasteiger partial charge in [0, 0.05) is 9.40 Å². The monoisotopic (exact) mass is 295 g/mol. The Morgan fingerprint density at radius 1 is 1.32 bits per heavy atom. The number of nitrogens with one attached hydrogen (secondary N) is 1. The largest absolute Gasteiger partial charge is 0.394 e. The molecule has 0 spiro atoms. The number of amides is 1. The van der Waals surface area contributed by atoms with Gasteiger partial charge >= 0.3 is 0 Å². The molecule has 1 aliphatic carbocycles. The fourth-order valence-corrected chi connectivity index (χ4v) is 4.74. The fourth-order valence-electron chi connectivity index (χ4n) is 2.73. The summed E-state index contributed by atoms with van der Waals surface area (Å²) in [6, 6.07) is 4.00. The number of rotatable bonds is 3. The second kappa shape index (κ2) is 5.23. The lowest BCUT2D eigenvalue weighted by atomic mass is 9.82. The van der Waals surface area contributed by atoms with Crippen LogP contribution in [0.2, 0.25) is 0 Å². The number of hydrogen-bond donors (Lipinski definition) is 2. The maximum Gasteiger partial charge on any atom is 0.261 e. The molecular formula is C14H17NO2S2. The Hall–Kier alpha value is -0.910. The lowest BCUT2D eigenvalue weighted by molar-refractivity contribution is 0.0762. The topological polar surface area (TPSA) is 49.3 Å². The van der Waals surface area contributed by atoms with Crippen LogP contribution >= 0.6 is 22.7 Å². The Balaban J connectivity index is 1.78. The molecule has 3 rings (SSSR count). The highest BCUT2D eigenvalue weighted by molar-refractivity contribution is 7.27. The number of carbonyl (C=O) groups excluding carboxylic acids is 1. The van der Waals surface area contributed by atoms with Crippen LogP contribution in [0, 0.1) is 0 Å². The molecule has 2 heterocycles. The van der Waals surface area contributed by atoms with Crippen molar-refractivity contribution in [1.29, 1.82) is 0 Å². The van der Waals surface area contributed by atoms with Crippen molar-refractivity contribution in [2.45, 2.75) is 37.6 Å². The maximum absolute atomic E-state index is 12.3. The van der Waals surface area contributed by atoms with E-state index in [1.807, 2.05) is 17.5 Å². The Labute approximate surface area is 120 Å². The van der Waals surface area contributed by atoms with Crippen molar-refractivity contribution in [1.82, 2.24) is 5.32 Å². The molecule has 0 atom stereocenters. The van der Waals surface area contributed by atoms with Gasteiger partial charge in [0.2, 0.25) is 0 Å². The zero-order chi connectivity index (χ0) is 13.3. The van der Waals surface area contributed by atoms with Gasteiger partial charge in [-0.3, -0.25) is 4.79 Å². The average Bonchev–Trinajstić information content (AvgIpc) is 3.00. The maximum atomic E-state index is 12.3. The summed E-state index contributed by atoms with van der Waals surface area (Å²) >= 11 is 3.18. The summed E-state index contributed by atoms with van der Waals surface area (Å²) in [6.45, 7) is 0.0402. The van der Waals surface area contributed by atoms with E-state index in [1.165, 1.54) is 17.8 Å². The summed E-state index contributed by atoms with van der Waals surface area (Å²) < 4.78 is 2.33. The molecule has 19 heavy (non-hydrogen) atoms. The molecule has 1 fully saturated rings. The van der Waals surface area contributed by atoms with Crippen molar-refractivity contribution in [3.8, 4) is 0 Å². The molecule has 0 aliphatic heterocycles. The number of fused-ring (bicyclic) bond motifs is 1. The number of aliphatic hydroxyl groups excluding tert-OH is 1. The third-order valence-electron chi connectivity index (χ3n) is 3.86. The van der Waals surface area contributed by atoms with Gasteiger partial charge in [0.05, 0.1) is 17.0 Å². The zero-order valence-corrected chi connectivity index (χ0v) is 12.3. The van der Waals surface area contributed by atoms with Gasteiger partial charge in [-0.15, -0.1) is 22.7 Å². The predicted molar refractivity (Wildman–Crippen MR) is 80.1 cm³/mol. The molecule has 1 aliphatic rings. The molecule has 2 aromatic rings. The van der Waals surface area contributed by atoms with E-state index in [2.05, 4.69) is 5.32 Å². The quantitative estimate of drug-likeness (QED) is 0.912. The minimum absolute atomic E-state index is 0.0376. The number of carbonyl (C=O) groups is 1. The molecule has 3 nitrogen and oxygen atoms in total. The molecule has 0 aromatic carbocycles. The first-order valence-corrected chi connectivity index (χ1v) is 8.32. The Kier molecular flexibility index (Phi) is 3.60. The first-order chi connectivity index (χ1) is 9.22. The third kappa shape index (κ3) is 2.55. The summed E-state index contributed by atoms with van der Waals surface area (Å²) in [4.78, 5) is 13.1. The van der Waals surface area contributed by atoms with E-state index in [0.29, 0.717) is 0 Å². The molecule has 2 aromatic heterocycles. The molecule has 2 N–H and O–H groups in total. The van der Waals surface area contributed by atoms with E-state index in [9.17, 15) is 9.90 Å². The van der Waals surface area contributed by atoms with Crippen molar-refractivity contribution >= 4 is 38.0 Å². The van der Waals surface area contributed by atoms with E-state index in [-0.39, 0.29) is 12.5 Å².